The highest BCUT2D eigenvalue weighted by molar-refractivity contribution is 5.75. The van der Waals surface area contributed by atoms with Crippen molar-refractivity contribution in [1.82, 2.24) is 10.6 Å². The van der Waals surface area contributed by atoms with Crippen LogP contribution in [0, 0.1) is 5.92 Å². The Hall–Kier alpha value is -1.18. The van der Waals surface area contributed by atoms with E-state index in [0.717, 1.165) is 0 Å². The lowest BCUT2D eigenvalue weighted by atomic mass is 9.91. The minimum atomic E-state index is -1.15. The van der Waals surface area contributed by atoms with Crippen LogP contribution >= 0.6 is 0 Å². The molecule has 1 heterocycles. The third-order valence-electron chi connectivity index (χ3n) is 3.36. The predicted octanol–water partition coefficient (Wildman–Crippen LogP) is -1.71. The molecule has 104 valence electrons. The molecule has 1 aliphatic rings. The molecule has 5 N–H and O–H groups in total. The minimum Gasteiger partial charge on any atom is -0.480 e. The molecule has 7 nitrogen and oxygen atoms in total. The molecule has 0 aliphatic carbocycles. The first-order valence-electron chi connectivity index (χ1n) is 5.87. The molecule has 0 radical (unpaired) electrons. The second kappa shape index (κ2) is 5.64. The second-order valence-corrected chi connectivity index (χ2v) is 4.82. The maximum atomic E-state index is 11.1. The van der Waals surface area contributed by atoms with E-state index < -0.39 is 42.2 Å². The fraction of sp³-hybridized carbons (Fsp3) is 0.818. The largest absolute Gasteiger partial charge is 0.480 e. The van der Waals surface area contributed by atoms with Crippen LogP contribution in [-0.4, -0.2) is 57.5 Å². The van der Waals surface area contributed by atoms with Gasteiger partial charge in [-0.1, -0.05) is 6.92 Å². The Balaban J connectivity index is 2.86. The number of aliphatic hydroxyl groups excluding tert-OH is 2. The van der Waals surface area contributed by atoms with Crippen LogP contribution in [0.5, 0.6) is 0 Å². The smallest absolute Gasteiger partial charge is 0.323 e. The fourth-order valence-corrected chi connectivity index (χ4v) is 2.37. The molecule has 1 amide bonds. The van der Waals surface area contributed by atoms with Crippen LogP contribution < -0.4 is 10.6 Å². The summed E-state index contributed by atoms with van der Waals surface area (Å²) in [5.74, 6) is -1.86. The molecule has 7 heteroatoms. The van der Waals surface area contributed by atoms with E-state index in [0.29, 0.717) is 0 Å². The zero-order valence-corrected chi connectivity index (χ0v) is 10.6. The van der Waals surface area contributed by atoms with E-state index in [9.17, 15) is 19.8 Å². The monoisotopic (exact) mass is 260 g/mol. The van der Waals surface area contributed by atoms with E-state index in [1.807, 2.05) is 0 Å². The number of carboxylic acids is 1. The number of nitrogens with one attached hydrogen (secondary N) is 2. The van der Waals surface area contributed by atoms with Crippen LogP contribution in [0.25, 0.3) is 0 Å². The Morgan fingerprint density at radius 1 is 1.39 bits per heavy atom. The number of hydrogen-bond acceptors (Lipinski definition) is 5. The number of amides is 1. The first-order chi connectivity index (χ1) is 8.25. The van der Waals surface area contributed by atoms with Crippen molar-refractivity contribution in [3.8, 4) is 0 Å². The van der Waals surface area contributed by atoms with E-state index >= 15 is 0 Å². The molecule has 3 unspecified atom stereocenters. The van der Waals surface area contributed by atoms with Gasteiger partial charge in [-0.05, 0) is 6.92 Å². The average Bonchev–Trinajstić information content (AvgIpc) is 2.52. The van der Waals surface area contributed by atoms with Gasteiger partial charge >= 0.3 is 5.97 Å². The number of aliphatic hydroxyl groups is 2. The van der Waals surface area contributed by atoms with Crippen molar-refractivity contribution in [1.29, 1.82) is 0 Å². The average molecular weight is 260 g/mol. The number of rotatable bonds is 4. The SMILES string of the molecule is CC(=O)NC(C(C)O)C1N[C@@H](C(=O)O)[C@H](O)[C@H]1C. The number of carboxylic acid groups (broad SMARTS) is 1. The van der Waals surface area contributed by atoms with Crippen molar-refractivity contribution in [2.45, 2.75) is 51.1 Å². The van der Waals surface area contributed by atoms with Crippen molar-refractivity contribution in [2.75, 3.05) is 0 Å². The summed E-state index contributed by atoms with van der Waals surface area (Å²) in [5.41, 5.74) is 0. The molecule has 1 rings (SSSR count). The molecule has 0 bridgehead atoms. The first kappa shape index (κ1) is 14.9. The summed E-state index contributed by atoms with van der Waals surface area (Å²) >= 11 is 0. The molecule has 0 aromatic carbocycles. The van der Waals surface area contributed by atoms with E-state index in [4.69, 9.17) is 5.11 Å². The summed E-state index contributed by atoms with van der Waals surface area (Å²) in [6.45, 7) is 4.51. The molecule has 0 aromatic rings. The Morgan fingerprint density at radius 2 is 1.94 bits per heavy atom. The van der Waals surface area contributed by atoms with Gasteiger partial charge in [0, 0.05) is 18.9 Å². The maximum absolute atomic E-state index is 11.1. The summed E-state index contributed by atoms with van der Waals surface area (Å²) in [4.78, 5) is 22.0. The molecular formula is C11H20N2O5. The van der Waals surface area contributed by atoms with Crippen molar-refractivity contribution < 1.29 is 24.9 Å². The van der Waals surface area contributed by atoms with Crippen LogP contribution in [0.4, 0.5) is 0 Å². The first-order valence-corrected chi connectivity index (χ1v) is 5.87. The van der Waals surface area contributed by atoms with Gasteiger partial charge in [0.25, 0.3) is 0 Å². The van der Waals surface area contributed by atoms with Gasteiger partial charge in [-0.15, -0.1) is 0 Å². The van der Waals surface area contributed by atoms with Crippen LogP contribution in [0.1, 0.15) is 20.8 Å². The van der Waals surface area contributed by atoms with Gasteiger partial charge < -0.3 is 20.6 Å². The number of carbonyl (C=O) groups excluding carboxylic acids is 1. The van der Waals surface area contributed by atoms with Gasteiger partial charge in [0.15, 0.2) is 0 Å². The topological polar surface area (TPSA) is 119 Å². The molecule has 1 saturated heterocycles. The summed E-state index contributed by atoms with van der Waals surface area (Å²) in [6, 6.07) is -2.22. The van der Waals surface area contributed by atoms with Crippen molar-refractivity contribution >= 4 is 11.9 Å². The van der Waals surface area contributed by atoms with E-state index in [1.165, 1.54) is 13.8 Å². The highest BCUT2D eigenvalue weighted by Crippen LogP contribution is 2.24. The Labute approximate surface area is 105 Å². The molecule has 1 aliphatic heterocycles. The van der Waals surface area contributed by atoms with Gasteiger partial charge in [-0.2, -0.15) is 0 Å². The number of hydrogen-bond donors (Lipinski definition) is 5. The lowest BCUT2D eigenvalue weighted by molar-refractivity contribution is -0.141. The minimum absolute atomic E-state index is 0.317. The molecule has 1 fully saturated rings. The normalized spacial score (nSPS) is 34.9. The summed E-state index contributed by atoms with van der Waals surface area (Å²) < 4.78 is 0. The van der Waals surface area contributed by atoms with Gasteiger partial charge in [0.1, 0.15) is 6.04 Å². The predicted molar refractivity (Wildman–Crippen MR) is 62.8 cm³/mol. The van der Waals surface area contributed by atoms with Gasteiger partial charge in [0.2, 0.25) is 5.91 Å². The molecule has 6 atom stereocenters. The number of carbonyl (C=O) groups is 2. The Bertz CT molecular complexity index is 333. The second-order valence-electron chi connectivity index (χ2n) is 4.82. The molecule has 0 saturated carbocycles. The Morgan fingerprint density at radius 3 is 2.28 bits per heavy atom. The fourth-order valence-electron chi connectivity index (χ4n) is 2.37. The summed E-state index contributed by atoms with van der Waals surface area (Å²) in [6.07, 6.45) is -1.91. The van der Waals surface area contributed by atoms with Crippen LogP contribution in [0.2, 0.25) is 0 Å². The zero-order chi connectivity index (χ0) is 14.0. The summed E-state index contributed by atoms with van der Waals surface area (Å²) in [7, 11) is 0. The highest BCUT2D eigenvalue weighted by atomic mass is 16.4. The highest BCUT2D eigenvalue weighted by Gasteiger charge is 2.47. The van der Waals surface area contributed by atoms with Crippen molar-refractivity contribution in [2.24, 2.45) is 5.92 Å². The Kier molecular flexibility index (Phi) is 4.66. The van der Waals surface area contributed by atoms with E-state index in [2.05, 4.69) is 10.6 Å². The standard InChI is InChI=1S/C11H20N2O5/c1-4-7(8(5(2)14)12-6(3)15)13-9(10(4)16)11(17)18/h4-5,7-10,13-14,16H,1-3H3,(H,12,15)(H,17,18)/t4-,5?,7?,8?,9+,10+/m0/s1. The summed E-state index contributed by atoms with van der Waals surface area (Å²) in [5, 5.41) is 33.8. The molecule has 0 spiro atoms. The third-order valence-corrected chi connectivity index (χ3v) is 3.36. The third kappa shape index (κ3) is 2.98. The van der Waals surface area contributed by atoms with E-state index in [-0.39, 0.29) is 5.91 Å². The molecule has 0 aromatic heterocycles. The maximum Gasteiger partial charge on any atom is 0.323 e. The van der Waals surface area contributed by atoms with Crippen LogP contribution in [0.3, 0.4) is 0 Å². The quantitative estimate of drug-likeness (QED) is 0.411. The molecule has 18 heavy (non-hydrogen) atoms. The lowest BCUT2D eigenvalue weighted by Gasteiger charge is -2.30. The molecular weight excluding hydrogens is 240 g/mol. The van der Waals surface area contributed by atoms with Crippen LogP contribution in [0.15, 0.2) is 0 Å². The van der Waals surface area contributed by atoms with E-state index in [1.54, 1.807) is 6.92 Å². The van der Waals surface area contributed by atoms with Crippen LogP contribution in [-0.2, 0) is 9.59 Å². The number of aliphatic carboxylic acids is 1. The van der Waals surface area contributed by atoms with Gasteiger partial charge in [0.05, 0.1) is 18.2 Å². The van der Waals surface area contributed by atoms with Crippen molar-refractivity contribution in [3.63, 3.8) is 0 Å². The van der Waals surface area contributed by atoms with Gasteiger partial charge in [-0.3, -0.25) is 14.9 Å². The lowest BCUT2D eigenvalue weighted by Crippen LogP contribution is -2.55. The van der Waals surface area contributed by atoms with Gasteiger partial charge in [-0.25, -0.2) is 0 Å². The zero-order valence-electron chi connectivity index (χ0n) is 10.6. The van der Waals surface area contributed by atoms with Crippen molar-refractivity contribution in [3.05, 3.63) is 0 Å².